The van der Waals surface area contributed by atoms with Gasteiger partial charge in [-0.2, -0.15) is 0 Å². The molecule has 0 aliphatic carbocycles. The summed E-state index contributed by atoms with van der Waals surface area (Å²) in [4.78, 5) is 4.39. The van der Waals surface area contributed by atoms with E-state index >= 15 is 0 Å². The second kappa shape index (κ2) is 4.35. The maximum absolute atomic E-state index is 5.71. The molecule has 2 aromatic rings. The lowest BCUT2D eigenvalue weighted by molar-refractivity contribution is 1.04. The Bertz CT molecular complexity index is 504. The van der Waals surface area contributed by atoms with Crippen LogP contribution in [0.25, 0.3) is 11.1 Å². The summed E-state index contributed by atoms with van der Waals surface area (Å²) < 4.78 is 0. The third-order valence-electron chi connectivity index (χ3n) is 2.77. The smallest absolute Gasteiger partial charge is 0.123 e. The van der Waals surface area contributed by atoms with Gasteiger partial charge in [-0.1, -0.05) is 31.2 Å². The van der Waals surface area contributed by atoms with Gasteiger partial charge in [-0.3, -0.25) is 0 Å². The van der Waals surface area contributed by atoms with E-state index < -0.39 is 0 Å². The van der Waals surface area contributed by atoms with Gasteiger partial charge in [-0.25, -0.2) is 4.98 Å². The van der Waals surface area contributed by atoms with Crippen LogP contribution in [0.15, 0.2) is 36.4 Å². The lowest BCUT2D eigenvalue weighted by Gasteiger charge is -2.10. The molecular weight excluding hydrogens is 196 g/mol. The molecule has 0 saturated heterocycles. The highest BCUT2D eigenvalue weighted by Crippen LogP contribution is 2.26. The summed E-state index contributed by atoms with van der Waals surface area (Å²) in [5.74, 6) is 0.592. The normalized spacial score (nSPS) is 10.4. The molecule has 0 aliphatic rings. The van der Waals surface area contributed by atoms with Crippen LogP contribution in [0.5, 0.6) is 0 Å². The maximum atomic E-state index is 5.71. The van der Waals surface area contributed by atoms with E-state index in [1.54, 1.807) is 0 Å². The van der Waals surface area contributed by atoms with Crippen LogP contribution in [0.1, 0.15) is 18.2 Å². The van der Waals surface area contributed by atoms with Crippen LogP contribution in [0, 0.1) is 6.92 Å². The Morgan fingerprint density at radius 1 is 1.06 bits per heavy atom. The van der Waals surface area contributed by atoms with Gasteiger partial charge in [0, 0.05) is 5.56 Å². The molecule has 0 radical (unpaired) electrons. The molecule has 2 heteroatoms. The lowest BCUT2D eigenvalue weighted by atomic mass is 9.98. The number of rotatable bonds is 2. The molecule has 1 aromatic carbocycles. The minimum Gasteiger partial charge on any atom is -0.384 e. The molecule has 1 aromatic heterocycles. The van der Waals surface area contributed by atoms with Gasteiger partial charge in [-0.15, -0.1) is 0 Å². The Morgan fingerprint density at radius 2 is 1.81 bits per heavy atom. The van der Waals surface area contributed by atoms with Crippen LogP contribution >= 0.6 is 0 Å². The lowest BCUT2D eigenvalue weighted by Crippen LogP contribution is -1.98. The average molecular weight is 212 g/mol. The Morgan fingerprint density at radius 3 is 2.50 bits per heavy atom. The number of pyridine rings is 1. The van der Waals surface area contributed by atoms with Crippen molar-refractivity contribution < 1.29 is 0 Å². The van der Waals surface area contributed by atoms with Crippen molar-refractivity contribution in [3.05, 3.63) is 47.7 Å². The van der Waals surface area contributed by atoms with E-state index in [0.717, 1.165) is 12.1 Å². The van der Waals surface area contributed by atoms with Gasteiger partial charge in [0.05, 0.1) is 5.69 Å². The predicted molar refractivity (Wildman–Crippen MR) is 68.2 cm³/mol. The van der Waals surface area contributed by atoms with Crippen molar-refractivity contribution in [1.82, 2.24) is 4.98 Å². The molecule has 0 amide bonds. The van der Waals surface area contributed by atoms with Gasteiger partial charge in [0.1, 0.15) is 5.82 Å². The molecule has 16 heavy (non-hydrogen) atoms. The molecule has 2 nitrogen and oxygen atoms in total. The van der Waals surface area contributed by atoms with E-state index in [2.05, 4.69) is 49.2 Å². The summed E-state index contributed by atoms with van der Waals surface area (Å²) >= 11 is 0. The standard InChI is InChI=1S/C14H16N2/c1-3-13-12(8-9-14(15)16-13)11-7-5-4-6-10(11)2/h4-9H,3H2,1-2H3,(H2,15,16). The molecule has 0 saturated carbocycles. The first-order valence-corrected chi connectivity index (χ1v) is 5.53. The first-order chi connectivity index (χ1) is 7.72. The molecule has 0 atom stereocenters. The van der Waals surface area contributed by atoms with E-state index in [1.165, 1.54) is 16.7 Å². The van der Waals surface area contributed by atoms with Crippen LogP contribution in [-0.2, 0) is 6.42 Å². The Hall–Kier alpha value is -1.83. The number of benzene rings is 1. The number of hydrogen-bond donors (Lipinski definition) is 1. The van der Waals surface area contributed by atoms with E-state index in [9.17, 15) is 0 Å². The molecule has 0 unspecified atom stereocenters. The number of nitrogen functional groups attached to an aromatic ring is 1. The molecule has 0 aliphatic heterocycles. The molecule has 0 fully saturated rings. The van der Waals surface area contributed by atoms with Crippen LogP contribution < -0.4 is 5.73 Å². The zero-order valence-corrected chi connectivity index (χ0v) is 9.70. The molecule has 0 spiro atoms. The van der Waals surface area contributed by atoms with E-state index in [-0.39, 0.29) is 0 Å². The van der Waals surface area contributed by atoms with Crippen molar-refractivity contribution in [2.75, 3.05) is 5.73 Å². The van der Waals surface area contributed by atoms with Gasteiger partial charge >= 0.3 is 0 Å². The predicted octanol–water partition coefficient (Wildman–Crippen LogP) is 3.20. The van der Waals surface area contributed by atoms with E-state index in [1.807, 2.05) is 6.07 Å². The fraction of sp³-hybridized carbons (Fsp3) is 0.214. The highest BCUT2D eigenvalue weighted by Gasteiger charge is 2.07. The molecule has 82 valence electrons. The number of aryl methyl sites for hydroxylation is 2. The second-order valence-electron chi connectivity index (χ2n) is 3.90. The van der Waals surface area contributed by atoms with Gasteiger partial charge < -0.3 is 5.73 Å². The van der Waals surface area contributed by atoms with E-state index in [4.69, 9.17) is 5.73 Å². The molecule has 2 rings (SSSR count). The minimum atomic E-state index is 0.592. The topological polar surface area (TPSA) is 38.9 Å². The third-order valence-corrected chi connectivity index (χ3v) is 2.77. The monoisotopic (exact) mass is 212 g/mol. The van der Waals surface area contributed by atoms with Crippen molar-refractivity contribution in [2.45, 2.75) is 20.3 Å². The van der Waals surface area contributed by atoms with Gasteiger partial charge in [0.2, 0.25) is 0 Å². The van der Waals surface area contributed by atoms with Gasteiger partial charge in [0.15, 0.2) is 0 Å². The summed E-state index contributed by atoms with van der Waals surface area (Å²) in [6, 6.07) is 12.3. The molecule has 0 bridgehead atoms. The Kier molecular flexibility index (Phi) is 2.91. The Labute approximate surface area is 96.1 Å². The van der Waals surface area contributed by atoms with Crippen molar-refractivity contribution in [1.29, 1.82) is 0 Å². The summed E-state index contributed by atoms with van der Waals surface area (Å²) in [5, 5.41) is 0. The summed E-state index contributed by atoms with van der Waals surface area (Å²) in [7, 11) is 0. The summed E-state index contributed by atoms with van der Waals surface area (Å²) in [6.07, 6.45) is 0.898. The largest absolute Gasteiger partial charge is 0.384 e. The van der Waals surface area contributed by atoms with Crippen LogP contribution in [0.2, 0.25) is 0 Å². The minimum absolute atomic E-state index is 0.592. The van der Waals surface area contributed by atoms with Crippen molar-refractivity contribution in [3.63, 3.8) is 0 Å². The fourth-order valence-corrected chi connectivity index (χ4v) is 1.91. The second-order valence-corrected chi connectivity index (χ2v) is 3.90. The molecular formula is C14H16N2. The summed E-state index contributed by atoms with van der Waals surface area (Å²) in [6.45, 7) is 4.22. The number of nitrogens with two attached hydrogens (primary N) is 1. The third kappa shape index (κ3) is 1.91. The van der Waals surface area contributed by atoms with Gasteiger partial charge in [-0.05, 0) is 36.6 Å². The number of aromatic nitrogens is 1. The summed E-state index contributed by atoms with van der Waals surface area (Å²) in [5.41, 5.74) is 10.5. The van der Waals surface area contributed by atoms with Crippen LogP contribution in [0.4, 0.5) is 5.82 Å². The van der Waals surface area contributed by atoms with Crippen molar-refractivity contribution in [2.24, 2.45) is 0 Å². The maximum Gasteiger partial charge on any atom is 0.123 e. The molecule has 2 N–H and O–H groups in total. The molecule has 1 heterocycles. The van der Waals surface area contributed by atoms with Crippen LogP contribution in [-0.4, -0.2) is 4.98 Å². The Balaban J connectivity index is 2.60. The van der Waals surface area contributed by atoms with Gasteiger partial charge in [0.25, 0.3) is 0 Å². The number of nitrogens with zero attached hydrogens (tertiary/aromatic N) is 1. The average Bonchev–Trinajstić information content (AvgIpc) is 2.30. The fourth-order valence-electron chi connectivity index (χ4n) is 1.91. The van der Waals surface area contributed by atoms with E-state index in [0.29, 0.717) is 5.82 Å². The number of hydrogen-bond acceptors (Lipinski definition) is 2. The number of anilines is 1. The van der Waals surface area contributed by atoms with Crippen molar-refractivity contribution in [3.8, 4) is 11.1 Å². The first-order valence-electron chi connectivity index (χ1n) is 5.53. The van der Waals surface area contributed by atoms with Crippen LogP contribution in [0.3, 0.4) is 0 Å². The quantitative estimate of drug-likeness (QED) is 0.830. The zero-order valence-electron chi connectivity index (χ0n) is 9.70. The SMILES string of the molecule is CCc1nc(N)ccc1-c1ccccc1C. The zero-order chi connectivity index (χ0) is 11.5. The first kappa shape index (κ1) is 10.7. The highest BCUT2D eigenvalue weighted by atomic mass is 14.8. The van der Waals surface area contributed by atoms with Crippen molar-refractivity contribution >= 4 is 5.82 Å². The highest BCUT2D eigenvalue weighted by molar-refractivity contribution is 5.70.